The van der Waals surface area contributed by atoms with E-state index in [0.29, 0.717) is 6.61 Å². The average Bonchev–Trinajstić information content (AvgIpc) is 3.53. The van der Waals surface area contributed by atoms with Crippen LogP contribution in [-0.2, 0) is 16.0 Å². The maximum atomic E-state index is 13.2. The molecular weight excluding hydrogens is 348 g/mol. The molecule has 1 heterocycles. The fraction of sp³-hybridized carbons (Fsp3) is 0.458. The molecule has 0 radical (unpaired) electrons. The van der Waals surface area contributed by atoms with Gasteiger partial charge >= 0.3 is 0 Å². The van der Waals surface area contributed by atoms with Gasteiger partial charge < -0.3 is 14.5 Å². The molecule has 1 spiro atoms. The van der Waals surface area contributed by atoms with Crippen LogP contribution >= 0.6 is 0 Å². The summed E-state index contributed by atoms with van der Waals surface area (Å²) in [7, 11) is 0. The minimum absolute atomic E-state index is 0.149. The molecule has 2 aromatic carbocycles. The van der Waals surface area contributed by atoms with E-state index in [1.54, 1.807) is 0 Å². The molecule has 28 heavy (non-hydrogen) atoms. The highest BCUT2D eigenvalue weighted by Crippen LogP contribution is 2.42. The van der Waals surface area contributed by atoms with Gasteiger partial charge in [0.1, 0.15) is 5.60 Å². The van der Waals surface area contributed by atoms with Crippen molar-refractivity contribution in [2.24, 2.45) is 0 Å². The van der Waals surface area contributed by atoms with Gasteiger partial charge in [-0.05, 0) is 56.3 Å². The Bertz CT molecular complexity index is 759. The fourth-order valence-electron chi connectivity index (χ4n) is 3.98. The average molecular weight is 379 g/mol. The first kappa shape index (κ1) is 19.2. The molecule has 4 rings (SSSR count). The fourth-order valence-corrected chi connectivity index (χ4v) is 3.98. The number of ether oxygens (including phenoxy) is 1. The summed E-state index contributed by atoms with van der Waals surface area (Å²) in [4.78, 5) is 17.7. The van der Waals surface area contributed by atoms with Crippen molar-refractivity contribution in [1.29, 1.82) is 0 Å². The lowest BCUT2D eigenvalue weighted by Crippen LogP contribution is -2.43. The van der Waals surface area contributed by atoms with E-state index in [1.807, 2.05) is 35.2 Å². The Morgan fingerprint density at radius 1 is 0.857 bits per heavy atom. The smallest absolute Gasteiger partial charge is 0.259 e. The molecular formula is C24H30N2O2. The molecule has 0 atom stereocenters. The zero-order valence-corrected chi connectivity index (χ0v) is 16.6. The highest BCUT2D eigenvalue weighted by Gasteiger charge is 2.53. The van der Waals surface area contributed by atoms with Crippen molar-refractivity contribution in [1.82, 2.24) is 4.90 Å². The number of hydrogen-bond donors (Lipinski definition) is 0. The van der Waals surface area contributed by atoms with E-state index >= 15 is 0 Å². The number of benzene rings is 2. The second kappa shape index (κ2) is 8.89. The summed E-state index contributed by atoms with van der Waals surface area (Å²) in [5, 5.41) is 0. The molecule has 4 heteroatoms. The number of carbonyl (C=O) groups excluding carboxylic acids is 1. The highest BCUT2D eigenvalue weighted by atomic mass is 16.5. The lowest BCUT2D eigenvalue weighted by Gasteiger charge is -2.27. The molecule has 2 aromatic rings. The van der Waals surface area contributed by atoms with Crippen LogP contribution in [0.1, 0.15) is 31.2 Å². The number of para-hydroxylation sites is 1. The monoisotopic (exact) mass is 378 g/mol. The largest absolute Gasteiger partial charge is 0.364 e. The van der Waals surface area contributed by atoms with Crippen molar-refractivity contribution in [3.63, 3.8) is 0 Å². The van der Waals surface area contributed by atoms with Crippen LogP contribution in [0.2, 0.25) is 0 Å². The van der Waals surface area contributed by atoms with Crippen molar-refractivity contribution in [2.45, 2.75) is 37.7 Å². The Morgan fingerprint density at radius 2 is 1.54 bits per heavy atom. The summed E-state index contributed by atoms with van der Waals surface area (Å²) >= 11 is 0. The maximum Gasteiger partial charge on any atom is 0.259 e. The van der Waals surface area contributed by atoms with Crippen molar-refractivity contribution in [2.75, 3.05) is 37.7 Å². The van der Waals surface area contributed by atoms with Gasteiger partial charge in [0, 0.05) is 25.3 Å². The van der Waals surface area contributed by atoms with E-state index in [9.17, 15) is 4.79 Å². The topological polar surface area (TPSA) is 32.8 Å². The van der Waals surface area contributed by atoms with E-state index in [1.165, 1.54) is 5.56 Å². The molecule has 1 saturated carbocycles. The normalized spacial score (nSPS) is 20.7. The van der Waals surface area contributed by atoms with Crippen LogP contribution in [-0.4, -0.2) is 49.2 Å². The van der Waals surface area contributed by atoms with Gasteiger partial charge in [-0.1, -0.05) is 48.5 Å². The van der Waals surface area contributed by atoms with Gasteiger partial charge in [-0.25, -0.2) is 0 Å². The van der Waals surface area contributed by atoms with Gasteiger partial charge in [0.15, 0.2) is 0 Å². The second-order valence-electron chi connectivity index (χ2n) is 7.92. The molecule has 1 saturated heterocycles. The summed E-state index contributed by atoms with van der Waals surface area (Å²) in [5.74, 6) is 0.149. The summed E-state index contributed by atoms with van der Waals surface area (Å²) < 4.78 is 6.19. The molecule has 148 valence electrons. The number of anilines is 1. The van der Waals surface area contributed by atoms with Gasteiger partial charge in [0.2, 0.25) is 0 Å². The Labute approximate surface area is 168 Å². The minimum Gasteiger partial charge on any atom is -0.364 e. The van der Waals surface area contributed by atoms with Gasteiger partial charge in [-0.2, -0.15) is 0 Å². The van der Waals surface area contributed by atoms with Crippen LogP contribution in [0.3, 0.4) is 0 Å². The zero-order chi connectivity index (χ0) is 19.2. The van der Waals surface area contributed by atoms with Gasteiger partial charge in [0.05, 0.1) is 6.61 Å². The van der Waals surface area contributed by atoms with Crippen LogP contribution in [0, 0.1) is 0 Å². The van der Waals surface area contributed by atoms with Crippen LogP contribution in [0.5, 0.6) is 0 Å². The van der Waals surface area contributed by atoms with Gasteiger partial charge in [0.25, 0.3) is 5.91 Å². The van der Waals surface area contributed by atoms with Gasteiger partial charge in [-0.15, -0.1) is 0 Å². The SMILES string of the molecule is O=C1N(c2ccccc2)CCCCN(CCc2ccccc2)CCOC12CC2. The summed E-state index contributed by atoms with van der Waals surface area (Å²) in [6.07, 6.45) is 4.86. The molecule has 0 aromatic heterocycles. The number of hydrogen-bond acceptors (Lipinski definition) is 3. The number of rotatable bonds is 4. The predicted octanol–water partition coefficient (Wildman–Crippen LogP) is 3.91. The first-order valence-corrected chi connectivity index (χ1v) is 10.5. The molecule has 0 unspecified atom stereocenters. The molecule has 1 aliphatic heterocycles. The molecule has 0 bridgehead atoms. The molecule has 2 aliphatic rings. The standard InChI is InChI=1S/C24H30N2O2/c27-23-24(14-15-24)28-20-19-25(18-13-21-9-3-1-4-10-21)16-7-8-17-26(23)22-11-5-2-6-12-22/h1-6,9-12H,7-8,13-20H2. The predicted molar refractivity (Wildman–Crippen MR) is 113 cm³/mol. The lowest BCUT2D eigenvalue weighted by atomic mass is 10.1. The first-order valence-electron chi connectivity index (χ1n) is 10.5. The molecule has 0 N–H and O–H groups in total. The van der Waals surface area contributed by atoms with Crippen molar-refractivity contribution in [3.8, 4) is 0 Å². The molecule has 2 fully saturated rings. The third-order valence-electron chi connectivity index (χ3n) is 5.86. The Morgan fingerprint density at radius 3 is 2.25 bits per heavy atom. The van der Waals surface area contributed by atoms with E-state index in [4.69, 9.17) is 4.74 Å². The molecule has 1 amide bonds. The summed E-state index contributed by atoms with van der Waals surface area (Å²) in [5.41, 5.74) is 1.79. The first-order chi connectivity index (χ1) is 13.8. The Kier molecular flexibility index (Phi) is 6.08. The van der Waals surface area contributed by atoms with Crippen LogP contribution < -0.4 is 4.90 Å². The third kappa shape index (κ3) is 4.62. The summed E-state index contributed by atoms with van der Waals surface area (Å²) in [6.45, 7) is 4.38. The zero-order valence-electron chi connectivity index (χ0n) is 16.6. The van der Waals surface area contributed by atoms with Crippen LogP contribution in [0.25, 0.3) is 0 Å². The van der Waals surface area contributed by atoms with E-state index < -0.39 is 5.60 Å². The van der Waals surface area contributed by atoms with Crippen LogP contribution in [0.4, 0.5) is 5.69 Å². The quantitative estimate of drug-likeness (QED) is 0.809. The van der Waals surface area contributed by atoms with Crippen molar-refractivity contribution >= 4 is 11.6 Å². The lowest BCUT2D eigenvalue weighted by molar-refractivity contribution is -0.133. The van der Waals surface area contributed by atoms with E-state index in [2.05, 4.69) is 35.2 Å². The minimum atomic E-state index is -0.578. The molecule has 1 aliphatic carbocycles. The third-order valence-corrected chi connectivity index (χ3v) is 5.86. The number of amides is 1. The van der Waals surface area contributed by atoms with Crippen molar-refractivity contribution < 1.29 is 9.53 Å². The highest BCUT2D eigenvalue weighted by molar-refractivity contribution is 6.01. The number of nitrogens with zero attached hydrogens (tertiary/aromatic N) is 2. The maximum absolute atomic E-state index is 13.2. The van der Waals surface area contributed by atoms with Gasteiger partial charge in [-0.3, -0.25) is 4.79 Å². The Balaban J connectivity index is 1.41. The van der Waals surface area contributed by atoms with E-state index in [0.717, 1.165) is 64.0 Å². The second-order valence-corrected chi connectivity index (χ2v) is 7.92. The molecule has 4 nitrogen and oxygen atoms in total. The Hall–Kier alpha value is -2.17. The number of carbonyl (C=O) groups is 1. The van der Waals surface area contributed by atoms with Crippen molar-refractivity contribution in [3.05, 3.63) is 66.2 Å². The summed E-state index contributed by atoms with van der Waals surface area (Å²) in [6, 6.07) is 20.7. The van der Waals surface area contributed by atoms with E-state index in [-0.39, 0.29) is 5.91 Å². The van der Waals surface area contributed by atoms with Crippen LogP contribution in [0.15, 0.2) is 60.7 Å².